The Labute approximate surface area is 150 Å². The predicted molar refractivity (Wildman–Crippen MR) is 101 cm³/mol. The Bertz CT molecular complexity index is 928. The van der Waals surface area contributed by atoms with Crippen molar-refractivity contribution in [3.8, 4) is 0 Å². The molecule has 0 aliphatic rings. The van der Waals surface area contributed by atoms with E-state index in [4.69, 9.17) is 4.42 Å². The smallest absolute Gasteiger partial charge is 0.134 e. The van der Waals surface area contributed by atoms with Crippen molar-refractivity contribution in [2.24, 2.45) is 0 Å². The number of furan rings is 1. The summed E-state index contributed by atoms with van der Waals surface area (Å²) < 4.78 is 6.09. The molecule has 0 radical (unpaired) electrons. The number of thiazole rings is 1. The van der Waals surface area contributed by atoms with Crippen molar-refractivity contribution in [1.82, 2.24) is 15.3 Å². The second-order valence-corrected chi connectivity index (χ2v) is 7.03. The van der Waals surface area contributed by atoms with Crippen LogP contribution >= 0.6 is 11.3 Å². The molecule has 3 aromatic heterocycles. The molecule has 4 aromatic rings. The minimum absolute atomic E-state index is 0.0270. The highest BCUT2D eigenvalue weighted by Crippen LogP contribution is 2.28. The van der Waals surface area contributed by atoms with Crippen LogP contribution in [0.4, 0.5) is 0 Å². The zero-order valence-corrected chi connectivity index (χ0v) is 14.8. The first-order valence-electron chi connectivity index (χ1n) is 8.32. The van der Waals surface area contributed by atoms with Crippen LogP contribution in [0, 0.1) is 6.92 Å². The van der Waals surface area contributed by atoms with Crippen LogP contribution in [0.3, 0.4) is 0 Å². The second-order valence-electron chi connectivity index (χ2n) is 5.97. The number of nitrogens with one attached hydrogen (secondary N) is 1. The van der Waals surface area contributed by atoms with Crippen LogP contribution in [-0.4, -0.2) is 16.5 Å². The van der Waals surface area contributed by atoms with Crippen LogP contribution in [0.15, 0.2) is 64.7 Å². The molecule has 0 saturated carbocycles. The van der Waals surface area contributed by atoms with Gasteiger partial charge in [-0.1, -0.05) is 24.3 Å². The topological polar surface area (TPSA) is 51.0 Å². The number of nitrogens with zero attached hydrogens (tertiary/aromatic N) is 2. The lowest BCUT2D eigenvalue weighted by Gasteiger charge is -2.16. The first kappa shape index (κ1) is 16.0. The normalized spacial score (nSPS) is 12.5. The Balaban J connectivity index is 1.58. The number of benzene rings is 1. The van der Waals surface area contributed by atoms with Gasteiger partial charge in [0, 0.05) is 36.1 Å². The van der Waals surface area contributed by atoms with Gasteiger partial charge in [0.15, 0.2) is 0 Å². The van der Waals surface area contributed by atoms with E-state index in [1.54, 1.807) is 17.5 Å². The van der Waals surface area contributed by atoms with Crippen LogP contribution in [-0.2, 0) is 6.42 Å². The fraction of sp³-hybridized carbons (Fsp3) is 0.200. The zero-order valence-electron chi connectivity index (χ0n) is 14.0. The summed E-state index contributed by atoms with van der Waals surface area (Å²) in [5.41, 5.74) is 3.13. The summed E-state index contributed by atoms with van der Waals surface area (Å²) in [5.74, 6) is 0.906. The molecule has 0 saturated heterocycles. The molecule has 0 spiro atoms. The molecular weight excluding hydrogens is 330 g/mol. The molecule has 0 aliphatic carbocycles. The van der Waals surface area contributed by atoms with Gasteiger partial charge >= 0.3 is 0 Å². The second kappa shape index (κ2) is 7.17. The Morgan fingerprint density at radius 2 is 2.12 bits per heavy atom. The van der Waals surface area contributed by atoms with E-state index in [9.17, 15) is 0 Å². The van der Waals surface area contributed by atoms with Gasteiger partial charge in [0.05, 0.1) is 16.7 Å². The molecule has 0 aliphatic heterocycles. The molecule has 1 N–H and O–H groups in total. The molecule has 1 aromatic carbocycles. The minimum atomic E-state index is -0.0270. The molecule has 1 atom stereocenters. The Morgan fingerprint density at radius 1 is 1.20 bits per heavy atom. The third-order valence-corrected chi connectivity index (χ3v) is 4.97. The molecule has 0 unspecified atom stereocenters. The van der Waals surface area contributed by atoms with Crippen LogP contribution in [0.1, 0.15) is 28.1 Å². The summed E-state index contributed by atoms with van der Waals surface area (Å²) in [4.78, 5) is 8.79. The van der Waals surface area contributed by atoms with E-state index in [0.717, 1.165) is 46.0 Å². The number of pyridine rings is 1. The molecule has 126 valence electrons. The van der Waals surface area contributed by atoms with Crippen molar-refractivity contribution in [3.63, 3.8) is 0 Å². The Morgan fingerprint density at radius 3 is 2.88 bits per heavy atom. The fourth-order valence-corrected chi connectivity index (χ4v) is 3.59. The highest BCUT2D eigenvalue weighted by molar-refractivity contribution is 7.09. The highest BCUT2D eigenvalue weighted by Gasteiger charge is 2.18. The summed E-state index contributed by atoms with van der Waals surface area (Å²) in [6.07, 6.45) is 4.57. The van der Waals surface area contributed by atoms with Gasteiger partial charge < -0.3 is 9.73 Å². The summed E-state index contributed by atoms with van der Waals surface area (Å²) in [6.45, 7) is 2.86. The van der Waals surface area contributed by atoms with Gasteiger partial charge in [-0.3, -0.25) is 4.98 Å². The van der Waals surface area contributed by atoms with Crippen molar-refractivity contribution in [2.45, 2.75) is 19.4 Å². The molecule has 4 nitrogen and oxygen atoms in total. The summed E-state index contributed by atoms with van der Waals surface area (Å²) in [6, 6.07) is 14.2. The minimum Gasteiger partial charge on any atom is -0.459 e. The third-order valence-electron chi connectivity index (χ3n) is 4.14. The van der Waals surface area contributed by atoms with Crippen molar-refractivity contribution in [2.75, 3.05) is 6.54 Å². The SMILES string of the molecule is Cc1nc(CCN[C@@H](c2cccnc2)c2cc3ccccc3o2)cs1. The van der Waals surface area contributed by atoms with E-state index < -0.39 is 0 Å². The number of hydrogen-bond donors (Lipinski definition) is 1. The van der Waals surface area contributed by atoms with Gasteiger partial charge in [0.25, 0.3) is 0 Å². The predicted octanol–water partition coefficient (Wildman–Crippen LogP) is 4.51. The zero-order chi connectivity index (χ0) is 17.1. The maximum absolute atomic E-state index is 6.09. The van der Waals surface area contributed by atoms with Crippen molar-refractivity contribution >= 4 is 22.3 Å². The number of para-hydroxylation sites is 1. The van der Waals surface area contributed by atoms with Gasteiger partial charge in [-0.2, -0.15) is 0 Å². The van der Waals surface area contributed by atoms with Gasteiger partial charge in [0.2, 0.25) is 0 Å². The summed E-state index contributed by atoms with van der Waals surface area (Å²) in [5, 5.41) is 7.95. The standard InChI is InChI=1S/C20H19N3OS/c1-14-23-17(13-25-14)8-10-22-20(16-6-4-9-21-12-16)19-11-15-5-2-3-7-18(15)24-19/h2-7,9,11-13,20,22H,8,10H2,1H3/t20-/m0/s1. The van der Waals surface area contributed by atoms with Gasteiger partial charge in [-0.05, 0) is 30.7 Å². The maximum Gasteiger partial charge on any atom is 0.134 e. The van der Waals surface area contributed by atoms with Gasteiger partial charge in [-0.25, -0.2) is 4.98 Å². The molecule has 0 bridgehead atoms. The lowest BCUT2D eigenvalue weighted by atomic mass is 10.1. The number of aromatic nitrogens is 2. The summed E-state index contributed by atoms with van der Waals surface area (Å²) in [7, 11) is 0. The Hall–Kier alpha value is -2.50. The lowest BCUT2D eigenvalue weighted by molar-refractivity contribution is 0.470. The first-order chi connectivity index (χ1) is 12.3. The van der Waals surface area contributed by atoms with Crippen molar-refractivity contribution < 1.29 is 4.42 Å². The van der Waals surface area contributed by atoms with E-state index in [1.165, 1.54) is 0 Å². The first-order valence-corrected chi connectivity index (χ1v) is 9.20. The van der Waals surface area contributed by atoms with E-state index in [0.29, 0.717) is 0 Å². The van der Waals surface area contributed by atoms with Crippen molar-refractivity contribution in [3.05, 3.63) is 82.3 Å². The molecule has 0 amide bonds. The lowest BCUT2D eigenvalue weighted by Crippen LogP contribution is -2.24. The van der Waals surface area contributed by atoms with Crippen LogP contribution in [0.2, 0.25) is 0 Å². The average Bonchev–Trinajstić information content (AvgIpc) is 3.25. The van der Waals surface area contributed by atoms with E-state index in [2.05, 4.69) is 38.9 Å². The number of aryl methyl sites for hydroxylation is 1. The van der Waals surface area contributed by atoms with Crippen LogP contribution in [0.5, 0.6) is 0 Å². The third kappa shape index (κ3) is 3.62. The van der Waals surface area contributed by atoms with E-state index in [1.807, 2.05) is 37.4 Å². The van der Waals surface area contributed by atoms with E-state index >= 15 is 0 Å². The molecule has 3 heterocycles. The largest absolute Gasteiger partial charge is 0.459 e. The van der Waals surface area contributed by atoms with Crippen LogP contribution < -0.4 is 5.32 Å². The highest BCUT2D eigenvalue weighted by atomic mass is 32.1. The maximum atomic E-state index is 6.09. The average molecular weight is 349 g/mol. The number of rotatable bonds is 6. The molecule has 5 heteroatoms. The summed E-state index contributed by atoms with van der Waals surface area (Å²) >= 11 is 1.69. The number of fused-ring (bicyclic) bond motifs is 1. The number of hydrogen-bond acceptors (Lipinski definition) is 5. The van der Waals surface area contributed by atoms with Gasteiger partial charge in [-0.15, -0.1) is 11.3 Å². The fourth-order valence-electron chi connectivity index (χ4n) is 2.94. The molecule has 25 heavy (non-hydrogen) atoms. The molecular formula is C20H19N3OS. The van der Waals surface area contributed by atoms with Crippen LogP contribution in [0.25, 0.3) is 11.0 Å². The van der Waals surface area contributed by atoms with Crippen molar-refractivity contribution in [1.29, 1.82) is 0 Å². The Kier molecular flexibility index (Phi) is 4.59. The molecule has 4 rings (SSSR count). The molecule has 0 fully saturated rings. The monoisotopic (exact) mass is 349 g/mol. The quantitative estimate of drug-likeness (QED) is 0.556. The van der Waals surface area contributed by atoms with E-state index in [-0.39, 0.29) is 6.04 Å². The van der Waals surface area contributed by atoms with Gasteiger partial charge in [0.1, 0.15) is 11.3 Å².